The first-order valence-electron chi connectivity index (χ1n) is 7.48. The van der Waals surface area contributed by atoms with E-state index in [2.05, 4.69) is 20.8 Å². The van der Waals surface area contributed by atoms with E-state index in [1.807, 2.05) is 13.8 Å². The number of nitrogens with zero attached hydrogens (tertiary/aromatic N) is 1. The van der Waals surface area contributed by atoms with Crippen molar-refractivity contribution in [3.63, 3.8) is 0 Å². The fourth-order valence-corrected chi connectivity index (χ4v) is 2.50. The Kier molecular flexibility index (Phi) is 8.11. The Morgan fingerprint density at radius 2 is 1.60 bits per heavy atom. The summed E-state index contributed by atoms with van der Waals surface area (Å²) >= 11 is 0. The molecule has 0 aromatic rings. The second kappa shape index (κ2) is 8.23. The van der Waals surface area contributed by atoms with E-state index in [1.54, 1.807) is 0 Å². The van der Waals surface area contributed by atoms with Gasteiger partial charge in [-0.1, -0.05) is 20.8 Å². The molecule has 20 heavy (non-hydrogen) atoms. The average Bonchev–Trinajstić information content (AvgIpc) is 2.23. The van der Waals surface area contributed by atoms with E-state index in [9.17, 15) is 13.2 Å². The Bertz CT molecular complexity index is 257. The number of hydrogen-bond acceptors (Lipinski definition) is 2. The van der Waals surface area contributed by atoms with Crippen molar-refractivity contribution >= 4 is 0 Å². The van der Waals surface area contributed by atoms with E-state index in [1.165, 1.54) is 4.90 Å². The van der Waals surface area contributed by atoms with Gasteiger partial charge >= 0.3 is 6.18 Å². The van der Waals surface area contributed by atoms with Gasteiger partial charge in [0.05, 0.1) is 6.54 Å². The van der Waals surface area contributed by atoms with Crippen LogP contribution in [0.4, 0.5) is 13.2 Å². The summed E-state index contributed by atoms with van der Waals surface area (Å²) in [5, 5.41) is 0. The van der Waals surface area contributed by atoms with Gasteiger partial charge in [-0.05, 0) is 57.5 Å². The lowest BCUT2D eigenvalue weighted by molar-refractivity contribution is -0.149. The third-order valence-corrected chi connectivity index (χ3v) is 3.85. The van der Waals surface area contributed by atoms with Gasteiger partial charge in [0.25, 0.3) is 0 Å². The molecule has 0 amide bonds. The number of halogens is 3. The van der Waals surface area contributed by atoms with Gasteiger partial charge in [0, 0.05) is 6.04 Å². The molecule has 0 fully saturated rings. The maximum absolute atomic E-state index is 12.5. The highest BCUT2D eigenvalue weighted by molar-refractivity contribution is 4.76. The van der Waals surface area contributed by atoms with Gasteiger partial charge in [-0.2, -0.15) is 13.2 Å². The number of hydrogen-bond donors (Lipinski definition) is 1. The van der Waals surface area contributed by atoms with E-state index in [-0.39, 0.29) is 11.5 Å². The SMILES string of the molecule is CC(C)N(CCCC(CCN)C(C)(C)C)CC(F)(F)F. The molecule has 5 heteroatoms. The zero-order chi connectivity index (χ0) is 16.0. The van der Waals surface area contributed by atoms with Crippen molar-refractivity contribution in [3.8, 4) is 0 Å². The monoisotopic (exact) mass is 296 g/mol. The maximum atomic E-state index is 12.5. The number of alkyl halides is 3. The van der Waals surface area contributed by atoms with E-state index < -0.39 is 12.7 Å². The van der Waals surface area contributed by atoms with Crippen LogP contribution >= 0.6 is 0 Å². The molecular weight excluding hydrogens is 265 g/mol. The highest BCUT2D eigenvalue weighted by Crippen LogP contribution is 2.32. The van der Waals surface area contributed by atoms with Crippen molar-refractivity contribution in [1.82, 2.24) is 4.90 Å². The molecular formula is C15H31F3N2. The zero-order valence-corrected chi connectivity index (χ0v) is 13.6. The number of rotatable bonds is 8. The van der Waals surface area contributed by atoms with Crippen LogP contribution in [0.3, 0.4) is 0 Å². The first kappa shape index (κ1) is 19.7. The van der Waals surface area contributed by atoms with Crippen molar-refractivity contribution in [2.75, 3.05) is 19.6 Å². The Morgan fingerprint density at radius 3 is 1.95 bits per heavy atom. The fourth-order valence-electron chi connectivity index (χ4n) is 2.50. The predicted octanol–water partition coefficient (Wildman–Crippen LogP) is 4.05. The minimum Gasteiger partial charge on any atom is -0.330 e. The van der Waals surface area contributed by atoms with Gasteiger partial charge in [0.1, 0.15) is 0 Å². The van der Waals surface area contributed by atoms with Gasteiger partial charge in [-0.25, -0.2) is 0 Å². The van der Waals surface area contributed by atoms with Gasteiger partial charge in [0.2, 0.25) is 0 Å². The molecule has 0 aromatic carbocycles. The Labute approximate surface area is 121 Å². The van der Waals surface area contributed by atoms with Gasteiger partial charge in [-0.15, -0.1) is 0 Å². The van der Waals surface area contributed by atoms with Gasteiger partial charge < -0.3 is 5.73 Å². The third kappa shape index (κ3) is 8.80. The van der Waals surface area contributed by atoms with Crippen LogP contribution < -0.4 is 5.73 Å². The normalized spacial score (nSPS) is 15.2. The molecule has 0 radical (unpaired) electrons. The summed E-state index contributed by atoms with van der Waals surface area (Å²) < 4.78 is 37.5. The van der Waals surface area contributed by atoms with Crippen molar-refractivity contribution in [1.29, 1.82) is 0 Å². The van der Waals surface area contributed by atoms with Crippen molar-refractivity contribution in [2.24, 2.45) is 17.1 Å². The zero-order valence-electron chi connectivity index (χ0n) is 13.6. The summed E-state index contributed by atoms with van der Waals surface area (Å²) in [6.45, 7) is 10.4. The summed E-state index contributed by atoms with van der Waals surface area (Å²) in [5.74, 6) is 0.465. The van der Waals surface area contributed by atoms with E-state index >= 15 is 0 Å². The second-order valence-electron chi connectivity index (χ2n) is 6.96. The summed E-state index contributed by atoms with van der Waals surface area (Å²) in [6.07, 6.45) is -1.46. The molecule has 0 aliphatic heterocycles. The first-order chi connectivity index (χ1) is 8.97. The second-order valence-corrected chi connectivity index (χ2v) is 6.96. The van der Waals surface area contributed by atoms with Crippen molar-refractivity contribution < 1.29 is 13.2 Å². The Morgan fingerprint density at radius 1 is 1.05 bits per heavy atom. The van der Waals surface area contributed by atoms with Gasteiger partial charge in [-0.3, -0.25) is 4.90 Å². The molecule has 0 aromatic heterocycles. The molecule has 2 nitrogen and oxygen atoms in total. The van der Waals surface area contributed by atoms with E-state index in [0.29, 0.717) is 19.0 Å². The van der Waals surface area contributed by atoms with Crippen LogP contribution in [-0.4, -0.2) is 36.8 Å². The lowest BCUT2D eigenvalue weighted by Gasteiger charge is -2.32. The van der Waals surface area contributed by atoms with Crippen LogP contribution in [0.15, 0.2) is 0 Å². The van der Waals surface area contributed by atoms with Gasteiger partial charge in [0.15, 0.2) is 0 Å². The number of nitrogens with two attached hydrogens (primary N) is 1. The largest absolute Gasteiger partial charge is 0.401 e. The maximum Gasteiger partial charge on any atom is 0.401 e. The predicted molar refractivity (Wildman–Crippen MR) is 78.6 cm³/mol. The minimum absolute atomic E-state index is 0.0841. The molecule has 0 rings (SSSR count). The summed E-state index contributed by atoms with van der Waals surface area (Å²) in [6, 6.07) is -0.0841. The average molecular weight is 296 g/mol. The standard InChI is InChI=1S/C15H31F3N2/c1-12(2)20(11-15(16,17)18)10-6-7-13(8-9-19)14(3,4)5/h12-13H,6-11,19H2,1-5H3. The summed E-state index contributed by atoms with van der Waals surface area (Å²) in [5.41, 5.74) is 5.79. The Hall–Kier alpha value is -0.290. The summed E-state index contributed by atoms with van der Waals surface area (Å²) in [4.78, 5) is 1.50. The lowest BCUT2D eigenvalue weighted by atomic mass is 9.76. The highest BCUT2D eigenvalue weighted by Gasteiger charge is 2.32. The molecule has 0 aliphatic carbocycles. The molecule has 1 unspecified atom stereocenters. The molecule has 0 heterocycles. The highest BCUT2D eigenvalue weighted by atomic mass is 19.4. The van der Waals surface area contributed by atoms with Crippen LogP contribution in [0.5, 0.6) is 0 Å². The van der Waals surface area contributed by atoms with Crippen LogP contribution in [0.1, 0.15) is 53.9 Å². The summed E-state index contributed by atoms with van der Waals surface area (Å²) in [7, 11) is 0. The molecule has 122 valence electrons. The Balaban J connectivity index is 4.34. The van der Waals surface area contributed by atoms with Crippen molar-refractivity contribution in [2.45, 2.75) is 66.1 Å². The third-order valence-electron chi connectivity index (χ3n) is 3.85. The molecule has 1 atom stereocenters. The van der Waals surface area contributed by atoms with Crippen LogP contribution in [0.25, 0.3) is 0 Å². The van der Waals surface area contributed by atoms with E-state index in [0.717, 1.165) is 19.3 Å². The minimum atomic E-state index is -4.12. The molecule has 0 saturated carbocycles. The van der Waals surface area contributed by atoms with Crippen LogP contribution in [0.2, 0.25) is 0 Å². The molecule has 0 spiro atoms. The van der Waals surface area contributed by atoms with Crippen molar-refractivity contribution in [3.05, 3.63) is 0 Å². The lowest BCUT2D eigenvalue weighted by Crippen LogP contribution is -2.40. The molecule has 0 bridgehead atoms. The molecule has 2 N–H and O–H groups in total. The first-order valence-corrected chi connectivity index (χ1v) is 7.48. The quantitative estimate of drug-likeness (QED) is 0.732. The van der Waals surface area contributed by atoms with Crippen LogP contribution in [0, 0.1) is 11.3 Å². The van der Waals surface area contributed by atoms with Crippen LogP contribution in [-0.2, 0) is 0 Å². The topological polar surface area (TPSA) is 29.3 Å². The molecule has 0 saturated heterocycles. The fraction of sp³-hybridized carbons (Fsp3) is 1.00. The van der Waals surface area contributed by atoms with E-state index in [4.69, 9.17) is 5.73 Å². The smallest absolute Gasteiger partial charge is 0.330 e. The molecule has 0 aliphatic rings.